The van der Waals surface area contributed by atoms with Crippen molar-refractivity contribution < 1.29 is 4.74 Å². The monoisotopic (exact) mass is 363 g/mol. The quantitative estimate of drug-likeness (QED) is 0.693. The first kappa shape index (κ1) is 18.8. The number of likely N-dealkylation sites (N-methyl/N-ethyl adjacent to an activating group) is 1. The van der Waals surface area contributed by atoms with Gasteiger partial charge in [-0.05, 0) is 44.8 Å². The molecule has 3 rings (SSSR count). The number of aryl methyl sites for hydroxylation is 1. The highest BCUT2D eigenvalue weighted by Gasteiger charge is 2.07. The summed E-state index contributed by atoms with van der Waals surface area (Å²) in [5.41, 5.74) is 3.94. The van der Waals surface area contributed by atoms with Crippen LogP contribution < -0.4 is 10.1 Å². The van der Waals surface area contributed by atoms with Crippen molar-refractivity contribution in [1.29, 1.82) is 0 Å². The number of nitrogens with one attached hydrogen (secondary N) is 1. The average molecular weight is 363 g/mol. The highest BCUT2D eigenvalue weighted by Crippen LogP contribution is 2.26. The fourth-order valence-electron chi connectivity index (χ4n) is 2.74. The molecule has 0 aliphatic heterocycles. The Balaban J connectivity index is 1.86. The first-order valence-corrected chi connectivity index (χ1v) is 8.89. The number of rotatable bonds is 7. The van der Waals surface area contributed by atoms with Crippen LogP contribution in [0.5, 0.6) is 5.75 Å². The lowest BCUT2D eigenvalue weighted by Crippen LogP contribution is -2.21. The molecule has 0 fully saturated rings. The van der Waals surface area contributed by atoms with Crippen molar-refractivity contribution in [2.75, 3.05) is 39.6 Å². The Morgan fingerprint density at radius 2 is 1.70 bits per heavy atom. The third kappa shape index (κ3) is 5.01. The molecule has 6 heteroatoms. The van der Waals surface area contributed by atoms with Crippen LogP contribution in [0.1, 0.15) is 5.82 Å². The molecule has 0 saturated heterocycles. The SMILES string of the molecule is COc1ccc(-c2cncc(-c3cc(NCCN(C)C)nc(C)n3)c2)cc1. The van der Waals surface area contributed by atoms with Gasteiger partial charge in [0.1, 0.15) is 17.4 Å². The number of hydrogen-bond acceptors (Lipinski definition) is 6. The first-order chi connectivity index (χ1) is 13.0. The smallest absolute Gasteiger partial charge is 0.130 e. The van der Waals surface area contributed by atoms with Crippen LogP contribution in [0.4, 0.5) is 5.82 Å². The molecule has 3 aromatic rings. The Morgan fingerprint density at radius 1 is 0.963 bits per heavy atom. The first-order valence-electron chi connectivity index (χ1n) is 8.89. The van der Waals surface area contributed by atoms with E-state index in [0.29, 0.717) is 0 Å². The predicted octanol–water partition coefficient (Wildman–Crippen LogP) is 3.50. The number of hydrogen-bond donors (Lipinski definition) is 1. The maximum absolute atomic E-state index is 5.23. The summed E-state index contributed by atoms with van der Waals surface area (Å²) < 4.78 is 5.23. The van der Waals surface area contributed by atoms with Gasteiger partial charge in [0.2, 0.25) is 0 Å². The zero-order chi connectivity index (χ0) is 19.2. The van der Waals surface area contributed by atoms with Crippen LogP contribution >= 0.6 is 0 Å². The molecule has 0 atom stereocenters. The molecular weight excluding hydrogens is 338 g/mol. The van der Waals surface area contributed by atoms with E-state index in [0.717, 1.165) is 52.9 Å². The van der Waals surface area contributed by atoms with Gasteiger partial charge in [-0.3, -0.25) is 4.98 Å². The molecule has 0 aliphatic rings. The summed E-state index contributed by atoms with van der Waals surface area (Å²) in [5, 5.41) is 3.36. The average Bonchev–Trinajstić information content (AvgIpc) is 2.67. The van der Waals surface area contributed by atoms with Gasteiger partial charge >= 0.3 is 0 Å². The van der Waals surface area contributed by atoms with E-state index in [1.165, 1.54) is 0 Å². The molecule has 140 valence electrons. The molecule has 2 aromatic heterocycles. The molecular formula is C21H25N5O. The van der Waals surface area contributed by atoms with Crippen LogP contribution in [0.2, 0.25) is 0 Å². The molecule has 0 unspecified atom stereocenters. The van der Waals surface area contributed by atoms with Crippen molar-refractivity contribution in [3.8, 4) is 28.1 Å². The van der Waals surface area contributed by atoms with Crippen molar-refractivity contribution in [2.24, 2.45) is 0 Å². The van der Waals surface area contributed by atoms with Crippen molar-refractivity contribution >= 4 is 5.82 Å². The second-order valence-corrected chi connectivity index (χ2v) is 6.61. The van der Waals surface area contributed by atoms with E-state index in [1.54, 1.807) is 7.11 Å². The largest absolute Gasteiger partial charge is 0.497 e. The van der Waals surface area contributed by atoms with Crippen LogP contribution in [-0.2, 0) is 0 Å². The van der Waals surface area contributed by atoms with E-state index in [2.05, 4.69) is 45.3 Å². The lowest BCUT2D eigenvalue weighted by atomic mass is 10.0. The van der Waals surface area contributed by atoms with E-state index in [1.807, 2.05) is 49.6 Å². The van der Waals surface area contributed by atoms with Gasteiger partial charge in [0.05, 0.1) is 12.8 Å². The van der Waals surface area contributed by atoms with Crippen LogP contribution in [0, 0.1) is 6.92 Å². The summed E-state index contributed by atoms with van der Waals surface area (Å²) in [6.07, 6.45) is 3.69. The highest BCUT2D eigenvalue weighted by molar-refractivity contribution is 5.71. The van der Waals surface area contributed by atoms with Crippen molar-refractivity contribution in [3.05, 3.63) is 54.6 Å². The minimum absolute atomic E-state index is 0.731. The zero-order valence-electron chi connectivity index (χ0n) is 16.2. The molecule has 0 aliphatic carbocycles. The third-order valence-electron chi connectivity index (χ3n) is 4.16. The van der Waals surface area contributed by atoms with Gasteiger partial charge in [0, 0.05) is 42.7 Å². The summed E-state index contributed by atoms with van der Waals surface area (Å²) in [7, 11) is 5.77. The second-order valence-electron chi connectivity index (χ2n) is 6.61. The highest BCUT2D eigenvalue weighted by atomic mass is 16.5. The van der Waals surface area contributed by atoms with Crippen LogP contribution in [0.25, 0.3) is 22.4 Å². The standard InChI is InChI=1S/C21H25N5O/c1-15-24-20(12-21(25-15)23-9-10-26(2)3)18-11-17(13-22-14-18)16-5-7-19(27-4)8-6-16/h5-8,11-14H,9-10H2,1-4H3,(H,23,24,25). The molecule has 0 spiro atoms. The fourth-order valence-corrected chi connectivity index (χ4v) is 2.74. The van der Waals surface area contributed by atoms with Gasteiger partial charge in [0.25, 0.3) is 0 Å². The summed E-state index contributed by atoms with van der Waals surface area (Å²) in [6.45, 7) is 3.67. The van der Waals surface area contributed by atoms with E-state index in [-0.39, 0.29) is 0 Å². The zero-order valence-corrected chi connectivity index (χ0v) is 16.2. The molecule has 6 nitrogen and oxygen atoms in total. The molecule has 0 radical (unpaired) electrons. The molecule has 0 saturated carbocycles. The number of pyridine rings is 1. The number of aromatic nitrogens is 3. The summed E-state index contributed by atoms with van der Waals surface area (Å²) >= 11 is 0. The number of anilines is 1. The predicted molar refractivity (Wildman–Crippen MR) is 109 cm³/mol. The van der Waals surface area contributed by atoms with Crippen LogP contribution in [0.3, 0.4) is 0 Å². The normalized spacial score (nSPS) is 10.9. The number of benzene rings is 1. The van der Waals surface area contributed by atoms with Gasteiger partial charge in [-0.2, -0.15) is 0 Å². The lowest BCUT2D eigenvalue weighted by Gasteiger charge is -2.12. The molecule has 0 amide bonds. The maximum Gasteiger partial charge on any atom is 0.130 e. The Hall–Kier alpha value is -2.99. The van der Waals surface area contributed by atoms with Gasteiger partial charge in [0.15, 0.2) is 0 Å². The van der Waals surface area contributed by atoms with E-state index in [4.69, 9.17) is 4.74 Å². The molecule has 0 bridgehead atoms. The van der Waals surface area contributed by atoms with E-state index < -0.39 is 0 Å². The third-order valence-corrected chi connectivity index (χ3v) is 4.16. The van der Waals surface area contributed by atoms with Crippen LogP contribution in [-0.4, -0.2) is 54.1 Å². The van der Waals surface area contributed by atoms with E-state index >= 15 is 0 Å². The maximum atomic E-state index is 5.23. The van der Waals surface area contributed by atoms with Gasteiger partial charge in [-0.25, -0.2) is 9.97 Å². The Labute approximate surface area is 160 Å². The summed E-state index contributed by atoms with van der Waals surface area (Å²) in [5.74, 6) is 2.40. The topological polar surface area (TPSA) is 63.2 Å². The van der Waals surface area contributed by atoms with Crippen molar-refractivity contribution in [2.45, 2.75) is 6.92 Å². The molecule has 1 aromatic carbocycles. The number of ether oxygens (including phenoxy) is 1. The minimum Gasteiger partial charge on any atom is -0.497 e. The minimum atomic E-state index is 0.731. The fraction of sp³-hybridized carbons (Fsp3) is 0.286. The van der Waals surface area contributed by atoms with Gasteiger partial charge < -0.3 is 15.0 Å². The lowest BCUT2D eigenvalue weighted by molar-refractivity contribution is 0.415. The Bertz CT molecular complexity index is 893. The molecule has 27 heavy (non-hydrogen) atoms. The number of methoxy groups -OCH3 is 1. The van der Waals surface area contributed by atoms with Gasteiger partial charge in [-0.1, -0.05) is 12.1 Å². The summed E-state index contributed by atoms with van der Waals surface area (Å²) in [4.78, 5) is 15.6. The van der Waals surface area contributed by atoms with Gasteiger partial charge in [-0.15, -0.1) is 0 Å². The van der Waals surface area contributed by atoms with E-state index in [9.17, 15) is 0 Å². The summed E-state index contributed by atoms with van der Waals surface area (Å²) in [6, 6.07) is 12.0. The molecule has 1 N–H and O–H groups in total. The van der Waals surface area contributed by atoms with Crippen molar-refractivity contribution in [3.63, 3.8) is 0 Å². The van der Waals surface area contributed by atoms with Crippen molar-refractivity contribution in [1.82, 2.24) is 19.9 Å². The number of nitrogens with zero attached hydrogens (tertiary/aromatic N) is 4. The molecule has 2 heterocycles. The van der Waals surface area contributed by atoms with Crippen LogP contribution in [0.15, 0.2) is 48.8 Å². The second kappa shape index (κ2) is 8.60. The Morgan fingerprint density at radius 3 is 2.41 bits per heavy atom. The Kier molecular flexibility index (Phi) is 5.98.